The molecule has 0 saturated heterocycles. The molecule has 14 nitrogen and oxygen atoms in total. The van der Waals surface area contributed by atoms with Crippen LogP contribution < -0.4 is 0 Å². The fraction of sp³-hybridized carbons (Fsp3) is 0.886. The van der Waals surface area contributed by atoms with E-state index in [1.165, 1.54) is 90.4 Å². The second-order valence-corrected chi connectivity index (χ2v) is 42.6. The number of ether oxygens (including phenoxy) is 7. The van der Waals surface area contributed by atoms with Gasteiger partial charge in [0, 0.05) is 5.56 Å². The van der Waals surface area contributed by atoms with E-state index in [2.05, 4.69) is 125 Å². The largest absolute Gasteiger partial charge is 0.465 e. The SMILES string of the molecule is CCC(C)(C)C(=O)OC(C(C)C)C(C)C.CCC(C)c1c(F)c(F)c(F)c(F)c1F.CCC(CC)C(OC(=O)C(C)(C)CC)C(CC)CC.CCCC(CCC)OC(=O)C(C)(C)CC.CCCCC(CC)COC(=O)C(C)(C)CC.CCCCC(CCCC)OC(=O)C(C)(C)CC.CCCCCC(CCCCC)OC(=O)C(C)(C)CC.CCCCCCC(CC)OC(=O)C(C)(C)CC. The zero-order valence-corrected chi connectivity index (χ0v) is 94.5. The molecular formula is C114H217F5O14. The average Bonchev–Trinajstić information content (AvgIpc) is 0.787. The summed E-state index contributed by atoms with van der Waals surface area (Å²) in [6.07, 6.45) is 42.7. The molecule has 0 spiro atoms. The first-order valence-electron chi connectivity index (χ1n) is 53.8. The third-order valence-corrected chi connectivity index (χ3v) is 27.4. The van der Waals surface area contributed by atoms with Crippen molar-refractivity contribution in [2.75, 3.05) is 6.61 Å². The normalized spacial score (nSPS) is 12.6. The summed E-state index contributed by atoms with van der Waals surface area (Å²) in [4.78, 5) is 83.9. The van der Waals surface area contributed by atoms with Crippen LogP contribution >= 0.6 is 0 Å². The Morgan fingerprint density at radius 3 is 0.744 bits per heavy atom. The lowest BCUT2D eigenvalue weighted by Gasteiger charge is -2.34. The summed E-state index contributed by atoms with van der Waals surface area (Å²) in [5.74, 6) is -8.09. The molecule has 0 aromatic heterocycles. The zero-order valence-electron chi connectivity index (χ0n) is 94.5. The second kappa shape index (κ2) is 78.9. The van der Waals surface area contributed by atoms with Gasteiger partial charge in [0.1, 0.15) is 36.6 Å². The van der Waals surface area contributed by atoms with Gasteiger partial charge in [0.15, 0.2) is 23.3 Å². The van der Waals surface area contributed by atoms with Crippen molar-refractivity contribution in [2.24, 2.45) is 67.5 Å². The number of halogens is 5. The van der Waals surface area contributed by atoms with E-state index >= 15 is 0 Å². The number of benzene rings is 1. The molecule has 0 saturated carbocycles. The lowest BCUT2D eigenvalue weighted by Crippen LogP contribution is -2.38. The molecule has 0 N–H and O–H groups in total. The second-order valence-electron chi connectivity index (χ2n) is 42.6. The lowest BCUT2D eigenvalue weighted by molar-refractivity contribution is -0.167. The smallest absolute Gasteiger partial charge is 0.311 e. The molecule has 0 radical (unpaired) electrons. The molecular weight excluding hydrogens is 1690 g/mol. The van der Waals surface area contributed by atoms with Gasteiger partial charge in [-0.15, -0.1) is 0 Å². The Morgan fingerprint density at radius 1 is 0.241 bits per heavy atom. The van der Waals surface area contributed by atoms with Crippen molar-refractivity contribution in [3.63, 3.8) is 0 Å². The number of rotatable bonds is 60. The number of hydrogen-bond donors (Lipinski definition) is 0. The van der Waals surface area contributed by atoms with E-state index in [0.717, 1.165) is 167 Å². The average molecular weight is 1910 g/mol. The minimum absolute atomic E-state index is 0.0204. The van der Waals surface area contributed by atoms with Crippen molar-refractivity contribution in [1.29, 1.82) is 0 Å². The van der Waals surface area contributed by atoms with E-state index in [0.29, 0.717) is 42.6 Å². The van der Waals surface area contributed by atoms with Crippen LogP contribution in [0.25, 0.3) is 0 Å². The summed E-state index contributed by atoms with van der Waals surface area (Å²) >= 11 is 0. The van der Waals surface area contributed by atoms with E-state index in [1.54, 1.807) is 6.92 Å². The first-order chi connectivity index (χ1) is 61.9. The fourth-order valence-electron chi connectivity index (χ4n) is 13.2. The van der Waals surface area contributed by atoms with Crippen molar-refractivity contribution in [1.82, 2.24) is 0 Å². The van der Waals surface area contributed by atoms with Gasteiger partial charge in [-0.2, -0.15) is 0 Å². The maximum atomic E-state index is 13.1. The molecule has 3 atom stereocenters. The van der Waals surface area contributed by atoms with Crippen LogP contribution in [0.4, 0.5) is 22.0 Å². The molecule has 1 rings (SSSR count). The van der Waals surface area contributed by atoms with Gasteiger partial charge >= 0.3 is 41.8 Å². The molecule has 133 heavy (non-hydrogen) atoms. The molecule has 792 valence electrons. The van der Waals surface area contributed by atoms with Crippen LogP contribution in [0.5, 0.6) is 0 Å². The van der Waals surface area contributed by atoms with Crippen molar-refractivity contribution in [2.45, 2.75) is 583 Å². The van der Waals surface area contributed by atoms with Gasteiger partial charge < -0.3 is 33.2 Å². The van der Waals surface area contributed by atoms with Crippen LogP contribution in [0.3, 0.4) is 0 Å². The monoisotopic (exact) mass is 1910 g/mol. The standard InChI is InChI=1S/2C17H34O2.2C15H30O2.C14H28O2.2C13H26O2.C10H9F5/c1-8-13(9-2)15(14(10-3)11-4)19-16(18)17(6,7)12-5;1-6-9-11-13-15(14-12-10-7-2)19-16(18)17(4,5)8-3;1-6-9-10-11-12-13(7-2)17-14(16)15(4,5)8-3;1-6-9-11-13(12-10-7-2)17-14(16)15(4,5)8-3;1-6-9-10-12(7-2)11-16-13(15)14(4,5)8-3;1-8-13(6,7)12(14)15-11(9(2)3)10(4)5;1-6-9-11(10-7-2)15-12(14)13(4,5)8-3;1-3-4(2)5-6(11)8(13)10(15)9(14)7(5)12/h13-15H,8-12H2,1-7H3;15H,6-14H2,1-5H3;2*13H,6-12H2,1-5H3;12H,6-11H2,1-5H3;9-11H,8H2,1-7H3;11H,6-10H2,1-5H3;4H,3H2,1-2H3. The first kappa shape index (κ1) is 141. The van der Waals surface area contributed by atoms with Gasteiger partial charge in [-0.05, 0) is 287 Å². The number of carbonyl (C=O) groups is 7. The highest BCUT2D eigenvalue weighted by Crippen LogP contribution is 2.36. The van der Waals surface area contributed by atoms with Gasteiger partial charge in [0.2, 0.25) is 5.82 Å². The van der Waals surface area contributed by atoms with Crippen LogP contribution in [0.1, 0.15) is 552 Å². The molecule has 0 aliphatic heterocycles. The first-order valence-corrected chi connectivity index (χ1v) is 53.8. The van der Waals surface area contributed by atoms with Gasteiger partial charge in [-0.1, -0.05) is 290 Å². The van der Waals surface area contributed by atoms with Crippen LogP contribution in [-0.4, -0.2) is 85.0 Å². The summed E-state index contributed by atoms with van der Waals surface area (Å²) in [6, 6.07) is 0. The Hall–Kier alpha value is -4.84. The van der Waals surface area contributed by atoms with Crippen molar-refractivity contribution in [3.8, 4) is 0 Å². The van der Waals surface area contributed by atoms with E-state index in [4.69, 9.17) is 33.2 Å². The molecule has 0 amide bonds. The van der Waals surface area contributed by atoms with Crippen LogP contribution in [-0.2, 0) is 66.7 Å². The summed E-state index contributed by atoms with van der Waals surface area (Å²) < 4.78 is 104. The predicted molar refractivity (Wildman–Crippen MR) is 551 cm³/mol. The highest BCUT2D eigenvalue weighted by molar-refractivity contribution is 5.78. The van der Waals surface area contributed by atoms with Crippen LogP contribution in [0.15, 0.2) is 0 Å². The van der Waals surface area contributed by atoms with Crippen LogP contribution in [0.2, 0.25) is 0 Å². The van der Waals surface area contributed by atoms with E-state index < -0.39 is 40.6 Å². The topological polar surface area (TPSA) is 184 Å². The molecule has 3 unspecified atom stereocenters. The molecule has 0 aliphatic carbocycles. The summed E-state index contributed by atoms with van der Waals surface area (Å²) in [5.41, 5.74) is -3.14. The Morgan fingerprint density at radius 2 is 0.481 bits per heavy atom. The number of unbranched alkanes of at least 4 members (excludes halogenated alkanes) is 10. The minimum atomic E-state index is -2.11. The minimum Gasteiger partial charge on any atom is -0.465 e. The van der Waals surface area contributed by atoms with Gasteiger partial charge in [0.05, 0.1) is 44.5 Å². The van der Waals surface area contributed by atoms with E-state index in [9.17, 15) is 55.5 Å². The maximum Gasteiger partial charge on any atom is 0.311 e. The van der Waals surface area contributed by atoms with Crippen molar-refractivity contribution >= 4 is 41.8 Å². The molecule has 0 bridgehead atoms. The molecule has 0 heterocycles. The number of hydrogen-bond acceptors (Lipinski definition) is 14. The van der Waals surface area contributed by atoms with Gasteiger partial charge in [0.25, 0.3) is 0 Å². The Kier molecular flexibility index (Phi) is 83.7. The maximum absolute atomic E-state index is 13.1. The van der Waals surface area contributed by atoms with E-state index in [-0.39, 0.29) is 116 Å². The summed E-state index contributed by atoms with van der Waals surface area (Å²) in [7, 11) is 0. The Bertz CT molecular complexity index is 3020. The number of esters is 7. The summed E-state index contributed by atoms with van der Waals surface area (Å²) in [6.45, 7) is 84.1. The quantitative estimate of drug-likeness (QED) is 0.0150. The van der Waals surface area contributed by atoms with Gasteiger partial charge in [-0.25, -0.2) is 22.0 Å². The highest BCUT2D eigenvalue weighted by Gasteiger charge is 2.38. The molecule has 19 heteroatoms. The fourth-order valence-corrected chi connectivity index (χ4v) is 13.2. The predicted octanol–water partition coefficient (Wildman–Crippen LogP) is 35.8. The summed E-state index contributed by atoms with van der Waals surface area (Å²) in [5, 5.41) is 0. The van der Waals surface area contributed by atoms with Gasteiger partial charge in [-0.3, -0.25) is 33.6 Å². The third kappa shape index (κ3) is 62.1. The zero-order chi connectivity index (χ0) is 105. The van der Waals surface area contributed by atoms with Crippen molar-refractivity contribution in [3.05, 3.63) is 34.6 Å². The molecule has 0 aliphatic rings. The number of carbonyl (C=O) groups excluding carboxylic acids is 7. The van der Waals surface area contributed by atoms with E-state index in [1.807, 2.05) is 145 Å². The Labute approximate surface area is 818 Å². The van der Waals surface area contributed by atoms with Crippen LogP contribution in [0, 0.1) is 96.6 Å². The Balaban J connectivity index is -0.000000273. The molecule has 0 fully saturated rings. The third-order valence-electron chi connectivity index (χ3n) is 27.4. The van der Waals surface area contributed by atoms with Crippen molar-refractivity contribution < 1.29 is 88.7 Å². The highest BCUT2D eigenvalue weighted by atomic mass is 19.2. The molecule has 1 aromatic carbocycles. The lowest BCUT2D eigenvalue weighted by atomic mass is 9.83. The molecule has 1 aromatic rings.